The molecule has 0 unspecified atom stereocenters. The average molecular weight is 423 g/mol. The number of carbonyl (C=O) groups excluding carboxylic acids is 1. The third-order valence-corrected chi connectivity index (χ3v) is 6.38. The fourth-order valence-corrected chi connectivity index (χ4v) is 4.50. The molecule has 1 aromatic heterocycles. The Bertz CT molecular complexity index is 1000. The van der Waals surface area contributed by atoms with Gasteiger partial charge in [0.05, 0.1) is 37.4 Å². The van der Waals surface area contributed by atoms with Crippen LogP contribution in [0.4, 0.5) is 0 Å². The number of aromatic nitrogens is 1. The molecule has 6 heteroatoms. The van der Waals surface area contributed by atoms with Gasteiger partial charge in [-0.2, -0.15) is 0 Å². The van der Waals surface area contributed by atoms with Crippen molar-refractivity contribution in [3.63, 3.8) is 0 Å². The third kappa shape index (κ3) is 5.19. The SMILES string of the molecule is CCc1ccc(Sc2cc(C(=O)NCC[NH+]3CCOCC3)c3ccccc3n2)cc1. The van der Waals surface area contributed by atoms with Gasteiger partial charge in [0, 0.05) is 10.3 Å². The maximum Gasteiger partial charge on any atom is 0.252 e. The number of para-hydroxylation sites is 1. The minimum atomic E-state index is -0.0376. The number of hydrogen-bond acceptors (Lipinski definition) is 4. The van der Waals surface area contributed by atoms with Gasteiger partial charge in [-0.15, -0.1) is 0 Å². The number of ether oxygens (including phenoxy) is 1. The van der Waals surface area contributed by atoms with Gasteiger partial charge in [-0.1, -0.05) is 49.0 Å². The molecule has 3 aromatic rings. The molecule has 2 aromatic carbocycles. The predicted molar refractivity (Wildman–Crippen MR) is 120 cm³/mol. The lowest BCUT2D eigenvalue weighted by atomic mass is 10.1. The molecular formula is C24H28N3O2S+. The number of aryl methyl sites for hydroxylation is 1. The number of hydrogen-bond donors (Lipinski definition) is 2. The molecule has 5 nitrogen and oxygen atoms in total. The van der Waals surface area contributed by atoms with Crippen LogP contribution < -0.4 is 10.2 Å². The van der Waals surface area contributed by atoms with E-state index >= 15 is 0 Å². The van der Waals surface area contributed by atoms with E-state index in [2.05, 4.69) is 36.5 Å². The smallest absolute Gasteiger partial charge is 0.252 e. The van der Waals surface area contributed by atoms with Gasteiger partial charge in [0.2, 0.25) is 0 Å². The molecule has 0 bridgehead atoms. The van der Waals surface area contributed by atoms with E-state index in [0.717, 1.165) is 60.1 Å². The summed E-state index contributed by atoms with van der Waals surface area (Å²) in [5.74, 6) is -0.0376. The molecule has 0 spiro atoms. The first kappa shape index (κ1) is 20.8. The molecular weight excluding hydrogens is 394 g/mol. The fraction of sp³-hybridized carbons (Fsp3) is 0.333. The van der Waals surface area contributed by atoms with Crippen LogP contribution in [-0.2, 0) is 11.2 Å². The van der Waals surface area contributed by atoms with Crippen LogP contribution in [0.2, 0.25) is 0 Å². The molecule has 156 valence electrons. The first-order valence-electron chi connectivity index (χ1n) is 10.6. The van der Waals surface area contributed by atoms with E-state index < -0.39 is 0 Å². The summed E-state index contributed by atoms with van der Waals surface area (Å²) in [4.78, 5) is 20.4. The summed E-state index contributed by atoms with van der Waals surface area (Å²) in [5, 5.41) is 4.83. The van der Waals surface area contributed by atoms with E-state index in [1.165, 1.54) is 10.5 Å². The highest BCUT2D eigenvalue weighted by Crippen LogP contribution is 2.30. The minimum Gasteiger partial charge on any atom is -0.370 e. The van der Waals surface area contributed by atoms with Crippen LogP contribution in [0.5, 0.6) is 0 Å². The normalized spacial score (nSPS) is 14.7. The van der Waals surface area contributed by atoms with Crippen LogP contribution in [0, 0.1) is 0 Å². The van der Waals surface area contributed by atoms with Crippen molar-refractivity contribution in [2.24, 2.45) is 0 Å². The zero-order valence-electron chi connectivity index (χ0n) is 17.3. The van der Waals surface area contributed by atoms with E-state index in [4.69, 9.17) is 9.72 Å². The minimum absolute atomic E-state index is 0.0376. The number of fused-ring (bicyclic) bond motifs is 1. The Morgan fingerprint density at radius 3 is 2.67 bits per heavy atom. The van der Waals surface area contributed by atoms with Crippen molar-refractivity contribution in [2.45, 2.75) is 23.3 Å². The molecule has 0 radical (unpaired) electrons. The first-order chi connectivity index (χ1) is 14.7. The van der Waals surface area contributed by atoms with Gasteiger partial charge in [-0.3, -0.25) is 4.79 Å². The van der Waals surface area contributed by atoms with Crippen LogP contribution >= 0.6 is 11.8 Å². The Morgan fingerprint density at radius 1 is 1.13 bits per heavy atom. The van der Waals surface area contributed by atoms with Crippen molar-refractivity contribution < 1.29 is 14.4 Å². The zero-order valence-corrected chi connectivity index (χ0v) is 18.1. The number of carbonyl (C=O) groups is 1. The topological polar surface area (TPSA) is 55.7 Å². The van der Waals surface area contributed by atoms with E-state index in [9.17, 15) is 4.79 Å². The van der Waals surface area contributed by atoms with Crippen molar-refractivity contribution in [3.05, 3.63) is 65.7 Å². The van der Waals surface area contributed by atoms with Crippen molar-refractivity contribution in [3.8, 4) is 0 Å². The van der Waals surface area contributed by atoms with Gasteiger partial charge in [0.1, 0.15) is 18.1 Å². The van der Waals surface area contributed by atoms with E-state index in [0.29, 0.717) is 12.1 Å². The summed E-state index contributed by atoms with van der Waals surface area (Å²) >= 11 is 1.59. The van der Waals surface area contributed by atoms with Gasteiger partial charge < -0.3 is 15.0 Å². The molecule has 1 aliphatic rings. The van der Waals surface area contributed by atoms with Gasteiger partial charge in [0.15, 0.2) is 0 Å². The lowest BCUT2D eigenvalue weighted by Crippen LogP contribution is -3.14. The average Bonchev–Trinajstić information content (AvgIpc) is 2.79. The molecule has 0 atom stereocenters. The Kier molecular flexibility index (Phi) is 7.00. The number of quaternary nitrogens is 1. The summed E-state index contributed by atoms with van der Waals surface area (Å²) in [7, 11) is 0. The number of nitrogens with zero attached hydrogens (tertiary/aromatic N) is 1. The third-order valence-electron chi connectivity index (χ3n) is 5.46. The van der Waals surface area contributed by atoms with Crippen LogP contribution in [0.15, 0.2) is 64.5 Å². The molecule has 30 heavy (non-hydrogen) atoms. The molecule has 0 aliphatic carbocycles. The quantitative estimate of drug-likeness (QED) is 0.615. The van der Waals surface area contributed by atoms with Crippen LogP contribution in [0.3, 0.4) is 0 Å². The summed E-state index contributed by atoms with van der Waals surface area (Å²) in [6.45, 7) is 7.35. The van der Waals surface area contributed by atoms with E-state index in [1.807, 2.05) is 30.3 Å². The molecule has 1 amide bonds. The number of rotatable bonds is 7. The zero-order chi connectivity index (χ0) is 20.8. The Morgan fingerprint density at radius 2 is 1.90 bits per heavy atom. The standard InChI is InChI=1S/C24H27N3O2S/c1-2-18-7-9-19(10-8-18)30-23-17-21(20-5-3-4-6-22(20)26-23)24(28)25-11-12-27-13-15-29-16-14-27/h3-10,17H,2,11-16H2,1H3,(H,25,28)/p+1. The number of morpholine rings is 1. The lowest BCUT2D eigenvalue weighted by molar-refractivity contribution is -0.906. The Balaban J connectivity index is 1.51. The van der Waals surface area contributed by atoms with Gasteiger partial charge in [-0.25, -0.2) is 4.98 Å². The highest BCUT2D eigenvalue weighted by molar-refractivity contribution is 7.99. The molecule has 1 fully saturated rings. The number of pyridine rings is 1. The number of amides is 1. The van der Waals surface area contributed by atoms with Crippen LogP contribution in [0.25, 0.3) is 10.9 Å². The summed E-state index contributed by atoms with van der Waals surface area (Å²) in [5.41, 5.74) is 2.84. The van der Waals surface area contributed by atoms with Crippen molar-refractivity contribution in [1.29, 1.82) is 0 Å². The fourth-order valence-electron chi connectivity index (χ4n) is 3.66. The maximum absolute atomic E-state index is 13.0. The molecule has 0 saturated carbocycles. The molecule has 4 rings (SSSR count). The summed E-state index contributed by atoms with van der Waals surface area (Å²) in [6, 6.07) is 18.3. The monoisotopic (exact) mass is 422 g/mol. The van der Waals surface area contributed by atoms with Crippen molar-refractivity contribution in [2.75, 3.05) is 39.4 Å². The highest BCUT2D eigenvalue weighted by atomic mass is 32.2. The largest absolute Gasteiger partial charge is 0.370 e. The molecule has 1 saturated heterocycles. The second-order valence-electron chi connectivity index (χ2n) is 7.49. The first-order valence-corrected chi connectivity index (χ1v) is 11.4. The van der Waals surface area contributed by atoms with Crippen molar-refractivity contribution in [1.82, 2.24) is 10.3 Å². The Hall–Kier alpha value is -2.41. The van der Waals surface area contributed by atoms with Gasteiger partial charge >= 0.3 is 0 Å². The van der Waals surface area contributed by atoms with Crippen LogP contribution in [-0.4, -0.2) is 50.3 Å². The van der Waals surface area contributed by atoms with E-state index in [-0.39, 0.29) is 5.91 Å². The second kappa shape index (κ2) is 10.1. The van der Waals surface area contributed by atoms with Gasteiger partial charge in [0.25, 0.3) is 5.91 Å². The summed E-state index contributed by atoms with van der Waals surface area (Å²) in [6.07, 6.45) is 1.02. The lowest BCUT2D eigenvalue weighted by Gasteiger charge is -2.23. The maximum atomic E-state index is 13.0. The molecule has 2 heterocycles. The molecule has 2 N–H and O–H groups in total. The predicted octanol–water partition coefficient (Wildman–Crippen LogP) is 2.59. The second-order valence-corrected chi connectivity index (χ2v) is 8.59. The Labute approximate surface area is 181 Å². The van der Waals surface area contributed by atoms with E-state index in [1.54, 1.807) is 11.8 Å². The van der Waals surface area contributed by atoms with Gasteiger partial charge in [-0.05, 0) is 36.2 Å². The van der Waals surface area contributed by atoms with Crippen LogP contribution in [0.1, 0.15) is 22.8 Å². The molecule has 1 aliphatic heterocycles. The summed E-state index contributed by atoms with van der Waals surface area (Å²) < 4.78 is 5.40. The number of nitrogens with one attached hydrogen (secondary N) is 2. The van der Waals surface area contributed by atoms with Crippen molar-refractivity contribution >= 4 is 28.6 Å². The highest BCUT2D eigenvalue weighted by Gasteiger charge is 2.16. The number of benzene rings is 2.